The standard InChI is InChI=1S/C18H16N3O3.Na.H2O4S/c1-21(2)20-19-15-10-12(8-9-17(15)23-3)14-11-24-16-7-5-4-6-13(16)18(14)22;;1-2-3-4-5/h4,6-11H,1-3H3;;1,5H/q-1;+1;. The van der Waals surface area contributed by atoms with E-state index in [1.807, 2.05) is 0 Å². The Morgan fingerprint density at radius 2 is 2.03 bits per heavy atom. The van der Waals surface area contributed by atoms with Gasteiger partial charge in [-0.25, -0.2) is 5.26 Å². The fraction of sp³-hybridized carbons (Fsp3) is 0.167. The summed E-state index contributed by atoms with van der Waals surface area (Å²) in [5, 5.41) is 23.5. The third-order valence-corrected chi connectivity index (χ3v) is 3.56. The molecule has 3 rings (SSSR count). The van der Waals surface area contributed by atoms with Crippen LogP contribution < -0.4 is 39.7 Å². The smallest absolute Gasteiger partial charge is 0.522 e. The molecule has 30 heavy (non-hydrogen) atoms. The molecule has 0 unspecified atom stereocenters. The fourth-order valence-corrected chi connectivity index (χ4v) is 2.33. The molecule has 1 N–H and O–H groups in total. The number of rotatable bonds is 6. The van der Waals surface area contributed by atoms with Crippen molar-refractivity contribution in [2.45, 2.75) is 0 Å². The third-order valence-electron chi connectivity index (χ3n) is 3.50. The van der Waals surface area contributed by atoms with Crippen LogP contribution in [0.1, 0.15) is 0 Å². The number of benzene rings is 2. The minimum absolute atomic E-state index is 0. The molecule has 10 nitrogen and oxygen atoms in total. The van der Waals surface area contributed by atoms with Crippen molar-refractivity contribution in [2.75, 3.05) is 21.2 Å². The Labute approximate surface area is 199 Å². The SMILES string of the molecule is COc1ccc(-c2coc3c[c-]ccc3c2=O)cc1N=NN(C)C.OOOOS.[Na+]. The normalized spacial score (nSPS) is 10.3. The molecule has 0 aliphatic rings. The zero-order chi connectivity index (χ0) is 21.2. The van der Waals surface area contributed by atoms with Crippen LogP contribution in [0.5, 0.6) is 5.75 Å². The van der Waals surface area contributed by atoms with Crippen molar-refractivity contribution in [3.63, 3.8) is 0 Å². The van der Waals surface area contributed by atoms with Gasteiger partial charge in [-0.15, -0.1) is 15.5 Å². The van der Waals surface area contributed by atoms with Gasteiger partial charge in [-0.3, -0.25) is 9.80 Å². The van der Waals surface area contributed by atoms with Gasteiger partial charge in [0.15, 0.2) is 5.43 Å². The Balaban J connectivity index is 0.000000674. The molecule has 12 heteroatoms. The van der Waals surface area contributed by atoms with Crippen LogP contribution in [-0.2, 0) is 14.4 Å². The summed E-state index contributed by atoms with van der Waals surface area (Å²) >= 11 is 2.99. The van der Waals surface area contributed by atoms with E-state index in [1.54, 1.807) is 62.6 Å². The first-order valence-corrected chi connectivity index (χ1v) is 8.35. The van der Waals surface area contributed by atoms with E-state index >= 15 is 0 Å². The van der Waals surface area contributed by atoms with Gasteiger partial charge < -0.3 is 9.15 Å². The molecule has 0 fully saturated rings. The molecule has 1 heterocycles. The van der Waals surface area contributed by atoms with Gasteiger partial charge in [0, 0.05) is 32.6 Å². The molecule has 1 aromatic heterocycles. The first-order valence-electron chi connectivity index (χ1n) is 7.99. The van der Waals surface area contributed by atoms with E-state index in [9.17, 15) is 4.79 Å². The van der Waals surface area contributed by atoms with Crippen molar-refractivity contribution >= 4 is 29.6 Å². The molecule has 3 aromatic rings. The van der Waals surface area contributed by atoms with Crippen LogP contribution in [0.15, 0.2) is 62.2 Å². The van der Waals surface area contributed by atoms with Crippen LogP contribution in [0, 0.1) is 6.07 Å². The summed E-state index contributed by atoms with van der Waals surface area (Å²) in [6.45, 7) is 0. The largest absolute Gasteiger partial charge is 1.00 e. The molecule has 0 saturated carbocycles. The topological polar surface area (TPSA) is 115 Å². The molecule has 0 amide bonds. The summed E-state index contributed by atoms with van der Waals surface area (Å²) < 4.78 is 14.3. The number of hydrogen-bond donors (Lipinski definition) is 2. The number of hydrogen-bond acceptors (Lipinski definition) is 10. The average Bonchev–Trinajstić information content (AvgIpc) is 2.73. The van der Waals surface area contributed by atoms with Gasteiger partial charge in [-0.05, 0) is 33.2 Å². The molecule has 2 aromatic carbocycles. The molecule has 0 bridgehead atoms. The molecule has 0 spiro atoms. The van der Waals surface area contributed by atoms with Crippen molar-refractivity contribution in [2.24, 2.45) is 10.3 Å². The summed E-state index contributed by atoms with van der Waals surface area (Å²) in [4.78, 5) is 12.7. The zero-order valence-electron chi connectivity index (χ0n) is 16.7. The van der Waals surface area contributed by atoms with Crippen LogP contribution in [0.3, 0.4) is 0 Å². The van der Waals surface area contributed by atoms with E-state index < -0.39 is 0 Å². The number of thiol groups is 1. The number of nitrogens with zero attached hydrogens (tertiary/aromatic N) is 3. The van der Waals surface area contributed by atoms with Crippen molar-refractivity contribution < 1.29 is 58.4 Å². The molecule has 0 aliphatic carbocycles. The maximum atomic E-state index is 12.7. The average molecular weight is 443 g/mol. The van der Waals surface area contributed by atoms with E-state index in [0.717, 1.165) is 0 Å². The second-order valence-electron chi connectivity index (χ2n) is 5.54. The van der Waals surface area contributed by atoms with Gasteiger partial charge in [-0.1, -0.05) is 11.3 Å². The fourth-order valence-electron chi connectivity index (χ4n) is 2.31. The summed E-state index contributed by atoms with van der Waals surface area (Å²) in [5.74, 6) is 0.573. The minimum atomic E-state index is -0.106. The van der Waals surface area contributed by atoms with Gasteiger partial charge >= 0.3 is 29.6 Å². The van der Waals surface area contributed by atoms with Gasteiger partial charge in [0.1, 0.15) is 11.4 Å². The van der Waals surface area contributed by atoms with Crippen LogP contribution in [0.25, 0.3) is 22.1 Å². The minimum Gasteiger partial charge on any atom is -0.522 e. The van der Waals surface area contributed by atoms with Crippen molar-refractivity contribution in [1.82, 2.24) is 5.01 Å². The Morgan fingerprint density at radius 1 is 1.27 bits per heavy atom. The van der Waals surface area contributed by atoms with Crippen LogP contribution in [-0.4, -0.2) is 31.5 Å². The quantitative estimate of drug-likeness (QED) is 0.110. The number of ether oxygens (including phenoxy) is 1. The molecular formula is C18H18N3NaO7S. The summed E-state index contributed by atoms with van der Waals surface area (Å²) in [5.41, 5.74) is 2.08. The number of fused-ring (bicyclic) bond motifs is 1. The van der Waals surface area contributed by atoms with Gasteiger partial charge in [0.2, 0.25) is 0 Å². The van der Waals surface area contributed by atoms with E-state index in [-0.39, 0.29) is 35.0 Å². The van der Waals surface area contributed by atoms with Gasteiger partial charge in [0.05, 0.1) is 18.9 Å². The summed E-state index contributed by atoms with van der Waals surface area (Å²) in [7, 11) is 5.11. The zero-order valence-corrected chi connectivity index (χ0v) is 19.6. The first kappa shape index (κ1) is 26.1. The Hall–Kier alpha value is -1.96. The van der Waals surface area contributed by atoms with Crippen LogP contribution in [0.4, 0.5) is 5.69 Å². The van der Waals surface area contributed by atoms with Crippen molar-refractivity contribution in [3.8, 4) is 16.9 Å². The Kier molecular flexibility index (Phi) is 11.6. The Bertz CT molecular complexity index is 1030. The second-order valence-corrected chi connectivity index (χ2v) is 5.69. The summed E-state index contributed by atoms with van der Waals surface area (Å²) in [6, 6.07) is 13.2. The van der Waals surface area contributed by atoms with E-state index in [0.29, 0.717) is 33.5 Å². The first-order chi connectivity index (χ1) is 14.0. The maximum Gasteiger partial charge on any atom is 1.00 e. The maximum absolute atomic E-state index is 12.7. The van der Waals surface area contributed by atoms with Crippen LogP contribution in [0.2, 0.25) is 0 Å². The third kappa shape index (κ3) is 7.07. The van der Waals surface area contributed by atoms with E-state index in [1.165, 1.54) is 6.26 Å². The van der Waals surface area contributed by atoms with Gasteiger partial charge in [0.25, 0.3) is 0 Å². The molecular weight excluding hydrogens is 425 g/mol. The predicted molar refractivity (Wildman–Crippen MR) is 106 cm³/mol. The molecule has 154 valence electrons. The summed E-state index contributed by atoms with van der Waals surface area (Å²) in [6.07, 6.45) is 1.45. The van der Waals surface area contributed by atoms with E-state index in [2.05, 4.69) is 43.7 Å². The van der Waals surface area contributed by atoms with Crippen molar-refractivity contribution in [3.05, 3.63) is 59.0 Å². The Morgan fingerprint density at radius 3 is 2.63 bits per heavy atom. The number of methoxy groups -OCH3 is 1. The van der Waals surface area contributed by atoms with E-state index in [4.69, 9.17) is 14.4 Å². The monoisotopic (exact) mass is 443 g/mol. The van der Waals surface area contributed by atoms with Crippen LogP contribution >= 0.6 is 12.9 Å². The van der Waals surface area contributed by atoms with Crippen molar-refractivity contribution in [1.29, 1.82) is 0 Å². The van der Waals surface area contributed by atoms with Gasteiger partial charge in [-0.2, -0.15) is 18.2 Å². The molecule has 0 atom stereocenters. The molecule has 0 aliphatic heterocycles. The molecule has 0 radical (unpaired) electrons. The predicted octanol–water partition coefficient (Wildman–Crippen LogP) is 1.02. The molecule has 0 saturated heterocycles. The second kappa shape index (κ2) is 13.4.